The molecular weight excluding hydrogens is 242 g/mol. The van der Waals surface area contributed by atoms with Crippen LogP contribution in [-0.4, -0.2) is 41.6 Å². The third-order valence-corrected chi connectivity index (χ3v) is 3.41. The standard InChI is InChI=1S/C13H19N5O/c19-12-9-18(5-1-4-14-12)13-16-7-10(8-17-13)6-15-11-2-3-11/h7-8,11,15H,1-6,9H2,(H,14,19). The summed E-state index contributed by atoms with van der Waals surface area (Å²) in [5, 5.41) is 6.28. The fourth-order valence-corrected chi connectivity index (χ4v) is 2.13. The summed E-state index contributed by atoms with van der Waals surface area (Å²) in [6, 6.07) is 0.689. The zero-order valence-corrected chi connectivity index (χ0v) is 10.9. The maximum absolute atomic E-state index is 11.5. The highest BCUT2D eigenvalue weighted by molar-refractivity contribution is 5.81. The Morgan fingerprint density at radius 2 is 2.16 bits per heavy atom. The van der Waals surface area contributed by atoms with E-state index in [1.807, 2.05) is 17.3 Å². The SMILES string of the molecule is O=C1CN(c2ncc(CNC3CC3)cn2)CCCN1. The topological polar surface area (TPSA) is 70.2 Å². The number of hydrogen-bond donors (Lipinski definition) is 2. The number of carbonyl (C=O) groups excluding carboxylic acids is 1. The Labute approximate surface area is 112 Å². The third-order valence-electron chi connectivity index (χ3n) is 3.41. The van der Waals surface area contributed by atoms with Crippen LogP contribution in [0.15, 0.2) is 12.4 Å². The summed E-state index contributed by atoms with van der Waals surface area (Å²) in [5.41, 5.74) is 1.09. The number of nitrogens with zero attached hydrogens (tertiary/aromatic N) is 3. The molecule has 3 rings (SSSR count). The highest BCUT2D eigenvalue weighted by Crippen LogP contribution is 2.19. The molecule has 1 aliphatic carbocycles. The average Bonchev–Trinajstić information content (AvgIpc) is 3.25. The number of rotatable bonds is 4. The lowest BCUT2D eigenvalue weighted by Gasteiger charge is -2.18. The molecule has 2 aliphatic rings. The van der Waals surface area contributed by atoms with E-state index in [1.54, 1.807) is 0 Å². The van der Waals surface area contributed by atoms with Crippen molar-refractivity contribution in [2.24, 2.45) is 0 Å². The molecule has 2 N–H and O–H groups in total. The van der Waals surface area contributed by atoms with Gasteiger partial charge in [-0.1, -0.05) is 0 Å². The van der Waals surface area contributed by atoms with Gasteiger partial charge in [-0.2, -0.15) is 0 Å². The molecule has 1 amide bonds. The maximum atomic E-state index is 11.5. The van der Waals surface area contributed by atoms with Crippen molar-refractivity contribution in [3.8, 4) is 0 Å². The van der Waals surface area contributed by atoms with Crippen LogP contribution in [0.2, 0.25) is 0 Å². The van der Waals surface area contributed by atoms with Crippen LogP contribution in [0.5, 0.6) is 0 Å². The Morgan fingerprint density at radius 1 is 1.37 bits per heavy atom. The molecule has 102 valence electrons. The Bertz CT molecular complexity index is 443. The molecule has 1 saturated carbocycles. The average molecular weight is 261 g/mol. The molecule has 0 unspecified atom stereocenters. The molecule has 0 aromatic carbocycles. The van der Waals surface area contributed by atoms with Gasteiger partial charge in [0, 0.05) is 43.6 Å². The molecule has 1 saturated heterocycles. The number of hydrogen-bond acceptors (Lipinski definition) is 5. The van der Waals surface area contributed by atoms with Crippen LogP contribution in [0.1, 0.15) is 24.8 Å². The predicted octanol–water partition coefficient (Wildman–Crippen LogP) is 0.0549. The van der Waals surface area contributed by atoms with Gasteiger partial charge in [-0.05, 0) is 19.3 Å². The van der Waals surface area contributed by atoms with E-state index in [9.17, 15) is 4.79 Å². The van der Waals surface area contributed by atoms with Gasteiger partial charge in [0.15, 0.2) is 0 Å². The van der Waals surface area contributed by atoms with Crippen LogP contribution < -0.4 is 15.5 Å². The maximum Gasteiger partial charge on any atom is 0.239 e. The number of anilines is 1. The molecule has 1 aromatic heterocycles. The van der Waals surface area contributed by atoms with E-state index in [-0.39, 0.29) is 5.91 Å². The molecule has 0 spiro atoms. The fraction of sp³-hybridized carbons (Fsp3) is 0.615. The van der Waals surface area contributed by atoms with Gasteiger partial charge in [0.1, 0.15) is 0 Å². The molecule has 19 heavy (non-hydrogen) atoms. The first-order chi connectivity index (χ1) is 9.31. The molecule has 6 heteroatoms. The summed E-state index contributed by atoms with van der Waals surface area (Å²) in [7, 11) is 0. The second-order valence-electron chi connectivity index (χ2n) is 5.17. The smallest absolute Gasteiger partial charge is 0.239 e. The molecule has 0 atom stereocenters. The Balaban J connectivity index is 1.61. The van der Waals surface area contributed by atoms with Crippen LogP contribution >= 0.6 is 0 Å². The molecule has 1 aliphatic heterocycles. The Kier molecular flexibility index (Phi) is 3.59. The summed E-state index contributed by atoms with van der Waals surface area (Å²) in [6.07, 6.45) is 7.19. The molecule has 6 nitrogen and oxygen atoms in total. The van der Waals surface area contributed by atoms with Gasteiger partial charge in [-0.3, -0.25) is 4.79 Å². The lowest BCUT2D eigenvalue weighted by molar-refractivity contribution is -0.119. The number of nitrogens with one attached hydrogen (secondary N) is 2. The van der Waals surface area contributed by atoms with E-state index in [4.69, 9.17) is 0 Å². The highest BCUT2D eigenvalue weighted by atomic mass is 16.2. The van der Waals surface area contributed by atoms with Crippen LogP contribution in [0.3, 0.4) is 0 Å². The van der Waals surface area contributed by atoms with Crippen LogP contribution in [-0.2, 0) is 11.3 Å². The van der Waals surface area contributed by atoms with Gasteiger partial charge in [0.05, 0.1) is 6.54 Å². The van der Waals surface area contributed by atoms with Crippen LogP contribution in [0.25, 0.3) is 0 Å². The molecule has 0 radical (unpaired) electrons. The van der Waals surface area contributed by atoms with Gasteiger partial charge >= 0.3 is 0 Å². The van der Waals surface area contributed by atoms with E-state index in [1.165, 1.54) is 12.8 Å². The molecule has 2 heterocycles. The van der Waals surface area contributed by atoms with Gasteiger partial charge in [-0.15, -0.1) is 0 Å². The van der Waals surface area contributed by atoms with Crippen molar-refractivity contribution in [1.29, 1.82) is 0 Å². The zero-order valence-electron chi connectivity index (χ0n) is 10.9. The lowest BCUT2D eigenvalue weighted by Crippen LogP contribution is -2.34. The van der Waals surface area contributed by atoms with Crippen molar-refractivity contribution >= 4 is 11.9 Å². The van der Waals surface area contributed by atoms with Crippen molar-refractivity contribution < 1.29 is 4.79 Å². The molecular formula is C13H19N5O. The van der Waals surface area contributed by atoms with Crippen molar-refractivity contribution in [1.82, 2.24) is 20.6 Å². The summed E-state index contributed by atoms with van der Waals surface area (Å²) in [5.74, 6) is 0.688. The number of carbonyl (C=O) groups is 1. The Morgan fingerprint density at radius 3 is 2.89 bits per heavy atom. The second kappa shape index (κ2) is 5.52. The van der Waals surface area contributed by atoms with Gasteiger partial charge in [-0.25, -0.2) is 9.97 Å². The van der Waals surface area contributed by atoms with E-state index >= 15 is 0 Å². The van der Waals surface area contributed by atoms with Gasteiger partial charge < -0.3 is 15.5 Å². The number of aromatic nitrogens is 2. The number of amides is 1. The minimum atomic E-state index is 0.0422. The van der Waals surface area contributed by atoms with Gasteiger partial charge in [0.2, 0.25) is 11.9 Å². The first-order valence-electron chi connectivity index (χ1n) is 6.87. The summed E-state index contributed by atoms with van der Waals surface area (Å²) in [4.78, 5) is 22.2. The highest BCUT2D eigenvalue weighted by Gasteiger charge is 2.20. The Hall–Kier alpha value is -1.69. The zero-order chi connectivity index (χ0) is 13.1. The quantitative estimate of drug-likeness (QED) is 0.802. The van der Waals surface area contributed by atoms with E-state index in [2.05, 4.69) is 20.6 Å². The second-order valence-corrected chi connectivity index (χ2v) is 5.17. The molecule has 1 aromatic rings. The lowest BCUT2D eigenvalue weighted by atomic mass is 10.3. The van der Waals surface area contributed by atoms with E-state index in [0.717, 1.165) is 31.6 Å². The van der Waals surface area contributed by atoms with E-state index in [0.29, 0.717) is 18.5 Å². The van der Waals surface area contributed by atoms with E-state index < -0.39 is 0 Å². The molecule has 0 bridgehead atoms. The summed E-state index contributed by atoms with van der Waals surface area (Å²) in [6.45, 7) is 2.72. The van der Waals surface area contributed by atoms with Crippen molar-refractivity contribution in [3.63, 3.8) is 0 Å². The largest absolute Gasteiger partial charge is 0.354 e. The summed E-state index contributed by atoms with van der Waals surface area (Å²) < 4.78 is 0. The van der Waals surface area contributed by atoms with Crippen LogP contribution in [0.4, 0.5) is 5.95 Å². The van der Waals surface area contributed by atoms with Crippen molar-refractivity contribution in [2.45, 2.75) is 31.8 Å². The fourth-order valence-electron chi connectivity index (χ4n) is 2.13. The van der Waals surface area contributed by atoms with Crippen LogP contribution in [0, 0.1) is 0 Å². The predicted molar refractivity (Wildman–Crippen MR) is 71.7 cm³/mol. The third kappa shape index (κ3) is 3.41. The first kappa shape index (κ1) is 12.3. The first-order valence-corrected chi connectivity index (χ1v) is 6.87. The minimum Gasteiger partial charge on any atom is -0.354 e. The van der Waals surface area contributed by atoms with Gasteiger partial charge in [0.25, 0.3) is 0 Å². The molecule has 2 fully saturated rings. The minimum absolute atomic E-state index is 0.0422. The normalized spacial score (nSPS) is 20.0. The monoisotopic (exact) mass is 261 g/mol. The van der Waals surface area contributed by atoms with Crippen molar-refractivity contribution in [3.05, 3.63) is 18.0 Å². The van der Waals surface area contributed by atoms with Crippen molar-refractivity contribution in [2.75, 3.05) is 24.5 Å². The summed E-state index contributed by atoms with van der Waals surface area (Å²) >= 11 is 0.